The summed E-state index contributed by atoms with van der Waals surface area (Å²) in [6, 6.07) is 9.33. The number of hydrogen-bond acceptors (Lipinski definition) is 0. The van der Waals surface area contributed by atoms with Gasteiger partial charge in [-0.05, 0) is 37.8 Å². The maximum absolute atomic E-state index is 6.09. The zero-order chi connectivity index (χ0) is 14.5. The van der Waals surface area contributed by atoms with Crippen molar-refractivity contribution in [1.29, 1.82) is 0 Å². The number of benzene rings is 1. The van der Waals surface area contributed by atoms with E-state index in [1.54, 1.807) is 4.90 Å². The smallest absolute Gasteiger partial charge is 0.127 e. The fraction of sp³-hybridized carbons (Fsp3) is 0.667. The van der Waals surface area contributed by atoms with E-state index in [9.17, 15) is 0 Å². The first-order valence-corrected chi connectivity index (χ1v) is 9.11. The molecule has 116 valence electrons. The van der Waals surface area contributed by atoms with Gasteiger partial charge in [-0.15, -0.1) is 0 Å². The standard InChI is InChI=1S/C18H27ClN2/c19-17-7-5-6-16(14-17)15-20-10-12-21(13-11-20)18-8-3-1-2-4-9-18/h5-7,14,18H,1-4,8-13,15H2/p+2. The molecule has 0 amide bonds. The highest BCUT2D eigenvalue weighted by Crippen LogP contribution is 2.15. The fourth-order valence-corrected chi connectivity index (χ4v) is 4.35. The van der Waals surface area contributed by atoms with E-state index >= 15 is 0 Å². The first-order chi connectivity index (χ1) is 10.3. The summed E-state index contributed by atoms with van der Waals surface area (Å²) < 4.78 is 0. The lowest BCUT2D eigenvalue weighted by Gasteiger charge is -2.34. The minimum atomic E-state index is 0.870. The summed E-state index contributed by atoms with van der Waals surface area (Å²) in [5, 5.41) is 0.870. The van der Waals surface area contributed by atoms with Crippen molar-refractivity contribution >= 4 is 11.6 Å². The predicted molar refractivity (Wildman–Crippen MR) is 88.0 cm³/mol. The molecule has 1 aliphatic carbocycles. The van der Waals surface area contributed by atoms with Crippen molar-refractivity contribution < 1.29 is 9.80 Å². The molecule has 0 bridgehead atoms. The van der Waals surface area contributed by atoms with Crippen LogP contribution in [0.25, 0.3) is 0 Å². The van der Waals surface area contributed by atoms with Crippen LogP contribution in [0.4, 0.5) is 0 Å². The van der Waals surface area contributed by atoms with Gasteiger partial charge in [0.2, 0.25) is 0 Å². The Hall–Kier alpha value is -0.570. The van der Waals surface area contributed by atoms with E-state index in [0.717, 1.165) is 17.6 Å². The maximum Gasteiger partial charge on any atom is 0.127 e. The van der Waals surface area contributed by atoms with Crippen LogP contribution in [0, 0.1) is 0 Å². The Morgan fingerprint density at radius 2 is 1.67 bits per heavy atom. The van der Waals surface area contributed by atoms with Crippen molar-refractivity contribution in [2.75, 3.05) is 26.2 Å². The van der Waals surface area contributed by atoms with E-state index in [1.165, 1.54) is 70.3 Å². The summed E-state index contributed by atoms with van der Waals surface area (Å²) in [5.41, 5.74) is 1.38. The van der Waals surface area contributed by atoms with Crippen molar-refractivity contribution in [2.24, 2.45) is 0 Å². The van der Waals surface area contributed by atoms with Gasteiger partial charge >= 0.3 is 0 Å². The van der Waals surface area contributed by atoms with Crippen LogP contribution in [0.5, 0.6) is 0 Å². The van der Waals surface area contributed by atoms with Crippen LogP contribution < -0.4 is 9.80 Å². The van der Waals surface area contributed by atoms with Crippen molar-refractivity contribution in [3.63, 3.8) is 0 Å². The van der Waals surface area contributed by atoms with Crippen molar-refractivity contribution in [2.45, 2.75) is 51.1 Å². The molecule has 1 saturated carbocycles. The topological polar surface area (TPSA) is 8.88 Å². The molecule has 1 heterocycles. The van der Waals surface area contributed by atoms with E-state index in [0.29, 0.717) is 0 Å². The number of quaternary nitrogens is 2. The van der Waals surface area contributed by atoms with E-state index in [-0.39, 0.29) is 0 Å². The van der Waals surface area contributed by atoms with Gasteiger partial charge in [0.05, 0.1) is 6.04 Å². The second kappa shape index (κ2) is 7.62. The van der Waals surface area contributed by atoms with Crippen molar-refractivity contribution in [1.82, 2.24) is 0 Å². The highest BCUT2D eigenvalue weighted by molar-refractivity contribution is 6.30. The van der Waals surface area contributed by atoms with Crippen LogP contribution in [0.1, 0.15) is 44.1 Å². The Labute approximate surface area is 134 Å². The minimum absolute atomic E-state index is 0.870. The van der Waals surface area contributed by atoms with Gasteiger partial charge in [-0.2, -0.15) is 0 Å². The molecule has 0 atom stereocenters. The van der Waals surface area contributed by atoms with E-state index in [4.69, 9.17) is 11.6 Å². The van der Waals surface area contributed by atoms with Gasteiger partial charge in [-0.3, -0.25) is 0 Å². The van der Waals surface area contributed by atoms with Gasteiger partial charge in [0.25, 0.3) is 0 Å². The van der Waals surface area contributed by atoms with Crippen molar-refractivity contribution in [3.8, 4) is 0 Å². The van der Waals surface area contributed by atoms with Gasteiger partial charge in [0.1, 0.15) is 32.7 Å². The van der Waals surface area contributed by atoms with E-state index in [1.807, 2.05) is 11.0 Å². The second-order valence-corrected chi connectivity index (χ2v) is 7.34. The maximum atomic E-state index is 6.09. The summed E-state index contributed by atoms with van der Waals surface area (Å²) >= 11 is 6.09. The Bertz CT molecular complexity index is 433. The van der Waals surface area contributed by atoms with Crippen LogP contribution in [0.2, 0.25) is 5.02 Å². The number of rotatable bonds is 3. The molecule has 1 aromatic rings. The molecule has 0 unspecified atom stereocenters. The average molecular weight is 309 g/mol. The third-order valence-electron chi connectivity index (χ3n) is 5.38. The summed E-state index contributed by atoms with van der Waals surface area (Å²) in [6.07, 6.45) is 8.81. The monoisotopic (exact) mass is 308 g/mol. The van der Waals surface area contributed by atoms with Gasteiger partial charge in [0, 0.05) is 10.6 Å². The lowest BCUT2D eigenvalue weighted by molar-refractivity contribution is -1.03. The lowest BCUT2D eigenvalue weighted by atomic mass is 10.1. The molecule has 1 saturated heterocycles. The second-order valence-electron chi connectivity index (χ2n) is 6.90. The molecule has 21 heavy (non-hydrogen) atoms. The van der Waals surface area contributed by atoms with E-state index in [2.05, 4.69) is 18.2 Å². The summed E-state index contributed by atoms with van der Waals surface area (Å²) in [6.45, 7) is 6.50. The molecule has 2 N–H and O–H groups in total. The predicted octanol–water partition coefficient (Wildman–Crippen LogP) is 1.35. The molecule has 2 fully saturated rings. The first-order valence-electron chi connectivity index (χ1n) is 8.74. The quantitative estimate of drug-likeness (QED) is 0.780. The zero-order valence-electron chi connectivity index (χ0n) is 13.0. The SMILES string of the molecule is Clc1cccc(C[NH+]2CC[NH+](C3CCCCCC3)CC2)c1. The van der Waals surface area contributed by atoms with Crippen LogP contribution >= 0.6 is 11.6 Å². The molecule has 0 aromatic heterocycles. The largest absolute Gasteiger partial charge is 0.323 e. The molecule has 1 aromatic carbocycles. The van der Waals surface area contributed by atoms with Crippen LogP contribution in [-0.2, 0) is 6.54 Å². The third-order valence-corrected chi connectivity index (χ3v) is 5.61. The molecule has 2 nitrogen and oxygen atoms in total. The molecular formula is C18H29ClN2+2. The highest BCUT2D eigenvalue weighted by atomic mass is 35.5. The van der Waals surface area contributed by atoms with Gasteiger partial charge in [-0.1, -0.05) is 36.6 Å². The van der Waals surface area contributed by atoms with Gasteiger partial charge in [0.15, 0.2) is 0 Å². The average Bonchev–Trinajstić information content (AvgIpc) is 2.77. The van der Waals surface area contributed by atoms with Crippen LogP contribution in [0.15, 0.2) is 24.3 Å². The molecule has 1 aliphatic heterocycles. The van der Waals surface area contributed by atoms with Crippen LogP contribution in [0.3, 0.4) is 0 Å². The number of halogens is 1. The van der Waals surface area contributed by atoms with E-state index < -0.39 is 0 Å². The fourth-order valence-electron chi connectivity index (χ4n) is 4.13. The zero-order valence-corrected chi connectivity index (χ0v) is 13.8. The molecule has 0 spiro atoms. The van der Waals surface area contributed by atoms with Crippen molar-refractivity contribution in [3.05, 3.63) is 34.9 Å². The molecule has 3 heteroatoms. The summed E-state index contributed by atoms with van der Waals surface area (Å²) in [7, 11) is 0. The number of nitrogens with one attached hydrogen (secondary N) is 2. The molecule has 3 rings (SSSR count). The Kier molecular flexibility index (Phi) is 5.56. The summed E-state index contributed by atoms with van der Waals surface area (Å²) in [5.74, 6) is 0. The Morgan fingerprint density at radius 3 is 2.33 bits per heavy atom. The first kappa shape index (κ1) is 15.3. The number of hydrogen-bond donors (Lipinski definition) is 2. The number of piperazine rings is 1. The Morgan fingerprint density at radius 1 is 0.952 bits per heavy atom. The minimum Gasteiger partial charge on any atom is -0.323 e. The lowest BCUT2D eigenvalue weighted by Crippen LogP contribution is -3.29. The van der Waals surface area contributed by atoms with Gasteiger partial charge in [-0.25, -0.2) is 0 Å². The normalized spacial score (nSPS) is 28.2. The summed E-state index contributed by atoms with van der Waals surface area (Å²) in [4.78, 5) is 3.63. The highest BCUT2D eigenvalue weighted by Gasteiger charge is 2.29. The van der Waals surface area contributed by atoms with Crippen LogP contribution in [-0.4, -0.2) is 32.2 Å². The van der Waals surface area contributed by atoms with Gasteiger partial charge < -0.3 is 9.80 Å². The molecular weight excluding hydrogens is 280 g/mol. The Balaban J connectivity index is 1.48. The molecule has 2 aliphatic rings. The third kappa shape index (κ3) is 4.45. The molecule has 0 radical (unpaired) electrons.